The maximum absolute atomic E-state index is 12.5. The van der Waals surface area contributed by atoms with Crippen LogP contribution in [0.4, 0.5) is 8.78 Å². The van der Waals surface area contributed by atoms with Crippen molar-refractivity contribution in [3.63, 3.8) is 0 Å². The van der Waals surface area contributed by atoms with Crippen molar-refractivity contribution in [2.75, 3.05) is 6.61 Å². The number of carbonyl (C=O) groups is 1. The lowest BCUT2D eigenvalue weighted by Gasteiger charge is -2.17. The summed E-state index contributed by atoms with van der Waals surface area (Å²) in [6, 6.07) is 0. The van der Waals surface area contributed by atoms with Crippen LogP contribution < -0.4 is 0 Å². The molecule has 0 aromatic carbocycles. The van der Waals surface area contributed by atoms with Gasteiger partial charge < -0.3 is 9.84 Å². The van der Waals surface area contributed by atoms with Gasteiger partial charge in [0.15, 0.2) is 0 Å². The second-order valence-electron chi connectivity index (χ2n) is 2.76. The summed E-state index contributed by atoms with van der Waals surface area (Å²) < 4.78 is 29.6. The molecule has 0 heterocycles. The van der Waals surface area contributed by atoms with Crippen molar-refractivity contribution in [1.29, 1.82) is 0 Å². The Bertz CT molecular complexity index is 167. The molecule has 0 saturated carbocycles. The van der Waals surface area contributed by atoms with Crippen LogP contribution >= 0.6 is 0 Å². The molecular formula is C8H14F2O3. The Balaban J connectivity index is 3.92. The van der Waals surface area contributed by atoms with E-state index >= 15 is 0 Å². The van der Waals surface area contributed by atoms with E-state index in [0.717, 1.165) is 0 Å². The average molecular weight is 196 g/mol. The van der Waals surface area contributed by atoms with Crippen molar-refractivity contribution >= 4 is 5.97 Å². The number of halogens is 2. The molecule has 3 nitrogen and oxygen atoms in total. The van der Waals surface area contributed by atoms with Crippen LogP contribution in [0.5, 0.6) is 0 Å². The second-order valence-corrected chi connectivity index (χ2v) is 2.76. The zero-order valence-electron chi connectivity index (χ0n) is 7.72. The van der Waals surface area contributed by atoms with Gasteiger partial charge in [0.2, 0.25) is 0 Å². The Labute approximate surface area is 75.7 Å². The van der Waals surface area contributed by atoms with Crippen molar-refractivity contribution in [2.45, 2.75) is 38.7 Å². The topological polar surface area (TPSA) is 46.5 Å². The molecule has 13 heavy (non-hydrogen) atoms. The SMILES string of the molecule is CCC(CC)OCC(F)(F)C(=O)O. The lowest BCUT2D eigenvalue weighted by atomic mass is 10.2. The number of alkyl halides is 2. The molecular weight excluding hydrogens is 182 g/mol. The van der Waals surface area contributed by atoms with Gasteiger partial charge in [0.1, 0.15) is 6.61 Å². The number of hydrogen-bond acceptors (Lipinski definition) is 2. The molecule has 78 valence electrons. The molecule has 0 spiro atoms. The number of aliphatic carboxylic acids is 1. The summed E-state index contributed by atoms with van der Waals surface area (Å²) in [4.78, 5) is 9.98. The van der Waals surface area contributed by atoms with E-state index in [2.05, 4.69) is 0 Å². The average Bonchev–Trinajstić information content (AvgIpc) is 2.06. The van der Waals surface area contributed by atoms with Crippen LogP contribution in [0.15, 0.2) is 0 Å². The third-order valence-corrected chi connectivity index (χ3v) is 1.72. The zero-order valence-corrected chi connectivity index (χ0v) is 7.72. The molecule has 0 aliphatic rings. The molecule has 0 fully saturated rings. The fourth-order valence-electron chi connectivity index (χ4n) is 0.809. The van der Waals surface area contributed by atoms with Crippen molar-refractivity contribution < 1.29 is 23.4 Å². The Kier molecular flexibility index (Phi) is 4.83. The lowest BCUT2D eigenvalue weighted by Crippen LogP contribution is -2.35. The molecule has 0 rings (SSSR count). The van der Waals surface area contributed by atoms with Crippen molar-refractivity contribution in [3.05, 3.63) is 0 Å². The minimum atomic E-state index is -3.78. The van der Waals surface area contributed by atoms with Gasteiger partial charge in [-0.3, -0.25) is 0 Å². The van der Waals surface area contributed by atoms with E-state index in [0.29, 0.717) is 12.8 Å². The Hall–Kier alpha value is -0.710. The van der Waals surface area contributed by atoms with E-state index in [9.17, 15) is 13.6 Å². The third-order valence-electron chi connectivity index (χ3n) is 1.72. The van der Waals surface area contributed by atoms with Gasteiger partial charge in [-0.25, -0.2) is 4.79 Å². The number of carboxylic acids is 1. The number of carboxylic acid groups (broad SMARTS) is 1. The van der Waals surface area contributed by atoms with Gasteiger partial charge in [0.05, 0.1) is 6.10 Å². The number of rotatable bonds is 6. The first kappa shape index (κ1) is 12.3. The first-order valence-electron chi connectivity index (χ1n) is 4.16. The van der Waals surface area contributed by atoms with Crippen LogP contribution in [0.2, 0.25) is 0 Å². The van der Waals surface area contributed by atoms with Crippen molar-refractivity contribution in [3.8, 4) is 0 Å². The summed E-state index contributed by atoms with van der Waals surface area (Å²) in [5, 5.41) is 8.07. The predicted molar refractivity (Wildman–Crippen MR) is 42.9 cm³/mol. The Morgan fingerprint density at radius 1 is 1.46 bits per heavy atom. The van der Waals surface area contributed by atoms with E-state index in [1.807, 2.05) is 0 Å². The third kappa shape index (κ3) is 4.17. The molecule has 0 aliphatic heterocycles. The van der Waals surface area contributed by atoms with Gasteiger partial charge in [-0.1, -0.05) is 13.8 Å². The van der Waals surface area contributed by atoms with E-state index in [1.165, 1.54) is 0 Å². The molecule has 0 aromatic rings. The van der Waals surface area contributed by atoms with E-state index in [-0.39, 0.29) is 6.10 Å². The van der Waals surface area contributed by atoms with Crippen LogP contribution in [0.1, 0.15) is 26.7 Å². The van der Waals surface area contributed by atoms with Crippen LogP contribution in [-0.4, -0.2) is 29.7 Å². The molecule has 0 radical (unpaired) electrons. The maximum atomic E-state index is 12.5. The standard InChI is InChI=1S/C8H14F2O3/c1-3-6(4-2)13-5-8(9,10)7(11)12/h6H,3-5H2,1-2H3,(H,11,12). The molecule has 0 bridgehead atoms. The van der Waals surface area contributed by atoms with Crippen LogP contribution in [-0.2, 0) is 9.53 Å². The highest BCUT2D eigenvalue weighted by molar-refractivity contribution is 5.75. The second kappa shape index (κ2) is 5.11. The molecule has 0 atom stereocenters. The highest BCUT2D eigenvalue weighted by Crippen LogP contribution is 2.16. The largest absolute Gasteiger partial charge is 0.477 e. The highest BCUT2D eigenvalue weighted by Gasteiger charge is 2.39. The quantitative estimate of drug-likeness (QED) is 0.705. The van der Waals surface area contributed by atoms with E-state index in [4.69, 9.17) is 9.84 Å². The lowest BCUT2D eigenvalue weighted by molar-refractivity contribution is -0.176. The predicted octanol–water partition coefficient (Wildman–Crippen LogP) is 1.91. The minimum Gasteiger partial charge on any atom is -0.477 e. The smallest absolute Gasteiger partial charge is 0.377 e. The normalized spacial score (nSPS) is 12.1. The van der Waals surface area contributed by atoms with Gasteiger partial charge >= 0.3 is 11.9 Å². The maximum Gasteiger partial charge on any atom is 0.377 e. The Morgan fingerprint density at radius 3 is 2.23 bits per heavy atom. The first-order chi connectivity index (χ1) is 5.94. The Morgan fingerprint density at radius 2 is 1.92 bits per heavy atom. The molecule has 0 aromatic heterocycles. The van der Waals surface area contributed by atoms with E-state index in [1.54, 1.807) is 13.8 Å². The van der Waals surface area contributed by atoms with Crippen LogP contribution in [0.3, 0.4) is 0 Å². The fraction of sp³-hybridized carbons (Fsp3) is 0.875. The minimum absolute atomic E-state index is 0.287. The molecule has 0 aliphatic carbocycles. The summed E-state index contributed by atoms with van der Waals surface area (Å²) in [7, 11) is 0. The molecule has 0 amide bonds. The first-order valence-corrected chi connectivity index (χ1v) is 4.16. The van der Waals surface area contributed by atoms with Gasteiger partial charge in [-0.05, 0) is 12.8 Å². The van der Waals surface area contributed by atoms with Crippen LogP contribution in [0, 0.1) is 0 Å². The molecule has 1 N–H and O–H groups in total. The van der Waals surface area contributed by atoms with Crippen LogP contribution in [0.25, 0.3) is 0 Å². The van der Waals surface area contributed by atoms with E-state index < -0.39 is 18.5 Å². The number of ether oxygens (including phenoxy) is 1. The summed E-state index contributed by atoms with van der Waals surface area (Å²) in [6.07, 6.45) is 0.920. The van der Waals surface area contributed by atoms with Crippen molar-refractivity contribution in [1.82, 2.24) is 0 Å². The highest BCUT2D eigenvalue weighted by atomic mass is 19.3. The summed E-state index contributed by atoms with van der Waals surface area (Å²) in [5.41, 5.74) is 0. The van der Waals surface area contributed by atoms with Gasteiger partial charge in [-0.15, -0.1) is 0 Å². The zero-order chi connectivity index (χ0) is 10.5. The van der Waals surface area contributed by atoms with Gasteiger partial charge in [-0.2, -0.15) is 8.78 Å². The molecule has 5 heteroatoms. The summed E-state index contributed by atoms with van der Waals surface area (Å²) in [6.45, 7) is 2.55. The monoisotopic (exact) mass is 196 g/mol. The fourth-order valence-corrected chi connectivity index (χ4v) is 0.809. The van der Waals surface area contributed by atoms with Crippen molar-refractivity contribution in [2.24, 2.45) is 0 Å². The van der Waals surface area contributed by atoms with Gasteiger partial charge in [0, 0.05) is 0 Å². The van der Waals surface area contributed by atoms with Gasteiger partial charge in [0.25, 0.3) is 0 Å². The summed E-state index contributed by atoms with van der Waals surface area (Å²) >= 11 is 0. The molecule has 0 unspecified atom stereocenters. The molecule has 0 saturated heterocycles. The number of hydrogen-bond donors (Lipinski definition) is 1. The summed E-state index contributed by atoms with van der Waals surface area (Å²) in [5.74, 6) is -5.92.